The highest BCUT2D eigenvalue weighted by atomic mass is 32.2. The predicted molar refractivity (Wildman–Crippen MR) is 145 cm³/mol. The number of aromatic carboxylic acids is 1. The van der Waals surface area contributed by atoms with Gasteiger partial charge in [-0.2, -0.15) is 4.31 Å². The Kier molecular flexibility index (Phi) is 8.76. The Morgan fingerprint density at radius 3 is 1.93 bits per heavy atom. The van der Waals surface area contributed by atoms with E-state index >= 15 is 4.39 Å². The van der Waals surface area contributed by atoms with Gasteiger partial charge in [0.25, 0.3) is 0 Å². The van der Waals surface area contributed by atoms with Gasteiger partial charge in [0.1, 0.15) is 11.9 Å². The summed E-state index contributed by atoms with van der Waals surface area (Å²) in [4.78, 5) is 23.9. The molecule has 1 aliphatic heterocycles. The van der Waals surface area contributed by atoms with E-state index in [1.54, 1.807) is 12.1 Å². The van der Waals surface area contributed by atoms with Crippen molar-refractivity contribution in [2.24, 2.45) is 0 Å². The molecular formula is C30H26F6N2O5S. The van der Waals surface area contributed by atoms with Gasteiger partial charge >= 0.3 is 5.97 Å². The van der Waals surface area contributed by atoms with Crippen LogP contribution in [0.5, 0.6) is 0 Å². The molecule has 0 unspecified atom stereocenters. The predicted octanol–water partition coefficient (Wildman–Crippen LogP) is 6.26. The molecule has 1 N–H and O–H groups in total. The second kappa shape index (κ2) is 12.2. The Morgan fingerprint density at radius 1 is 0.818 bits per heavy atom. The lowest BCUT2D eigenvalue weighted by atomic mass is 9.84. The van der Waals surface area contributed by atoms with E-state index in [0.717, 1.165) is 54.7 Å². The molecule has 2 fully saturated rings. The maximum atomic E-state index is 15.2. The van der Waals surface area contributed by atoms with Crippen molar-refractivity contribution in [2.75, 3.05) is 11.4 Å². The largest absolute Gasteiger partial charge is 0.478 e. The summed E-state index contributed by atoms with van der Waals surface area (Å²) in [5.74, 6) is -15.9. The molecular weight excluding hydrogens is 614 g/mol. The zero-order valence-electron chi connectivity index (χ0n) is 23.0. The zero-order chi connectivity index (χ0) is 31.9. The van der Waals surface area contributed by atoms with Crippen LogP contribution in [0.4, 0.5) is 32.0 Å². The molecule has 2 aliphatic rings. The Labute approximate surface area is 248 Å². The van der Waals surface area contributed by atoms with Crippen molar-refractivity contribution in [3.05, 3.63) is 94.1 Å². The van der Waals surface area contributed by atoms with Gasteiger partial charge in [-0.15, -0.1) is 0 Å². The van der Waals surface area contributed by atoms with Crippen LogP contribution in [0.1, 0.15) is 65.9 Å². The van der Waals surface area contributed by atoms with Crippen molar-refractivity contribution in [1.29, 1.82) is 0 Å². The van der Waals surface area contributed by atoms with Gasteiger partial charge in [-0.05, 0) is 54.5 Å². The first-order chi connectivity index (χ1) is 20.8. The topological polar surface area (TPSA) is 95.0 Å². The molecule has 44 heavy (non-hydrogen) atoms. The lowest BCUT2D eigenvalue weighted by molar-refractivity contribution is -0.125. The second-order valence-corrected chi connectivity index (χ2v) is 12.6. The third kappa shape index (κ3) is 5.68. The third-order valence-corrected chi connectivity index (χ3v) is 10.1. The van der Waals surface area contributed by atoms with Gasteiger partial charge in [0.15, 0.2) is 28.2 Å². The maximum Gasteiger partial charge on any atom is 0.335 e. The summed E-state index contributed by atoms with van der Waals surface area (Å²) in [6.45, 7) is -0.803. The third-order valence-electron chi connectivity index (χ3n) is 8.14. The maximum absolute atomic E-state index is 15.2. The number of hydrogen-bond donors (Lipinski definition) is 1. The molecule has 1 amide bonds. The summed E-state index contributed by atoms with van der Waals surface area (Å²) in [6, 6.07) is 8.24. The normalized spacial score (nSPS) is 17.7. The summed E-state index contributed by atoms with van der Waals surface area (Å²) in [6.07, 6.45) is 5.22. The van der Waals surface area contributed by atoms with E-state index in [9.17, 15) is 45.1 Å². The smallest absolute Gasteiger partial charge is 0.335 e. The number of benzene rings is 3. The number of carbonyl (C=O) groups is 2. The molecule has 3 aromatic carbocycles. The summed E-state index contributed by atoms with van der Waals surface area (Å²) >= 11 is 0. The van der Waals surface area contributed by atoms with E-state index in [-0.39, 0.29) is 17.3 Å². The minimum atomic E-state index is -5.44. The molecule has 0 aromatic heterocycles. The molecule has 5 rings (SSSR count). The van der Waals surface area contributed by atoms with Crippen LogP contribution in [-0.2, 0) is 21.4 Å². The van der Waals surface area contributed by atoms with Crippen molar-refractivity contribution < 1.29 is 49.5 Å². The SMILES string of the molecule is O=C(O)c1ccc(N(Cc2ccc(C3CCCCC3)cc2)C(=O)[C@H]2CCN2S(=O)(=O)c2c(F)c(F)c(F)c(F)c2F)c(F)c1. The van der Waals surface area contributed by atoms with Crippen molar-refractivity contribution in [3.63, 3.8) is 0 Å². The number of amides is 1. The lowest BCUT2D eigenvalue weighted by Gasteiger charge is -2.41. The van der Waals surface area contributed by atoms with Gasteiger partial charge in [0, 0.05) is 6.54 Å². The van der Waals surface area contributed by atoms with Crippen LogP contribution >= 0.6 is 0 Å². The summed E-state index contributed by atoms with van der Waals surface area (Å²) in [5.41, 5.74) is 0.766. The van der Waals surface area contributed by atoms with Crippen LogP contribution in [0.25, 0.3) is 0 Å². The van der Waals surface area contributed by atoms with Gasteiger partial charge < -0.3 is 10.0 Å². The van der Waals surface area contributed by atoms with Crippen LogP contribution in [-0.4, -0.2) is 42.3 Å². The van der Waals surface area contributed by atoms with Crippen LogP contribution in [0.15, 0.2) is 47.4 Å². The molecule has 3 aromatic rings. The quantitative estimate of drug-likeness (QED) is 0.178. The number of nitrogens with zero attached hydrogens (tertiary/aromatic N) is 2. The van der Waals surface area contributed by atoms with Crippen LogP contribution in [0, 0.1) is 34.9 Å². The molecule has 1 heterocycles. The Morgan fingerprint density at radius 2 is 1.41 bits per heavy atom. The summed E-state index contributed by atoms with van der Waals surface area (Å²) in [5, 5.41) is 9.23. The molecule has 234 valence electrons. The fraction of sp³-hybridized carbons (Fsp3) is 0.333. The first kappa shape index (κ1) is 31.5. The van der Waals surface area contributed by atoms with Gasteiger partial charge in [0.2, 0.25) is 21.7 Å². The molecule has 1 aliphatic carbocycles. The van der Waals surface area contributed by atoms with Crippen LogP contribution in [0.2, 0.25) is 0 Å². The summed E-state index contributed by atoms with van der Waals surface area (Å²) < 4.78 is 112. The number of carbonyl (C=O) groups excluding carboxylic acids is 1. The van der Waals surface area contributed by atoms with E-state index in [2.05, 4.69) is 0 Å². The molecule has 1 saturated heterocycles. The number of halogens is 6. The van der Waals surface area contributed by atoms with E-state index in [0.29, 0.717) is 17.5 Å². The van der Waals surface area contributed by atoms with Gasteiger partial charge in [-0.3, -0.25) is 4.79 Å². The highest BCUT2D eigenvalue weighted by molar-refractivity contribution is 7.89. The van der Waals surface area contributed by atoms with Crippen LogP contribution in [0.3, 0.4) is 0 Å². The average molecular weight is 641 g/mol. The standard InChI is InChI=1S/C30H26F6N2O5S/c31-20-14-19(30(40)41)10-11-21(20)37(15-16-6-8-18(9-7-16)17-4-2-1-3-5-17)29(39)22-12-13-38(22)44(42,43)28-26(35)24(33)23(32)25(34)27(28)36/h6-11,14,17,22H,1-5,12-13,15H2,(H,40,41)/t22-/m1/s1. The Balaban J connectivity index is 1.49. The van der Waals surface area contributed by atoms with E-state index in [1.807, 2.05) is 12.1 Å². The zero-order valence-corrected chi connectivity index (χ0v) is 23.8. The van der Waals surface area contributed by atoms with Gasteiger partial charge in [-0.1, -0.05) is 43.5 Å². The van der Waals surface area contributed by atoms with Gasteiger partial charge in [-0.25, -0.2) is 39.6 Å². The Bertz CT molecular complexity index is 1700. The van der Waals surface area contributed by atoms with Crippen molar-refractivity contribution in [2.45, 2.75) is 61.9 Å². The fourth-order valence-electron chi connectivity index (χ4n) is 5.66. The molecule has 7 nitrogen and oxygen atoms in total. The molecule has 0 radical (unpaired) electrons. The van der Waals surface area contributed by atoms with E-state index in [1.165, 1.54) is 0 Å². The average Bonchev–Trinajstić information content (AvgIpc) is 2.97. The van der Waals surface area contributed by atoms with E-state index in [4.69, 9.17) is 0 Å². The first-order valence-electron chi connectivity index (χ1n) is 13.8. The number of hydrogen-bond acceptors (Lipinski definition) is 4. The number of rotatable bonds is 8. The fourth-order valence-corrected chi connectivity index (χ4v) is 7.40. The molecule has 1 saturated carbocycles. The number of carboxylic acid groups (broad SMARTS) is 1. The Hall–Kier alpha value is -3.91. The monoisotopic (exact) mass is 640 g/mol. The van der Waals surface area contributed by atoms with Crippen molar-refractivity contribution in [1.82, 2.24) is 4.31 Å². The molecule has 0 bridgehead atoms. The molecule has 1 atom stereocenters. The first-order valence-corrected chi connectivity index (χ1v) is 15.2. The summed E-state index contributed by atoms with van der Waals surface area (Å²) in [7, 11) is -5.44. The molecule has 0 spiro atoms. The van der Waals surface area contributed by atoms with Gasteiger partial charge in [0.05, 0.1) is 17.8 Å². The molecule has 14 heteroatoms. The minimum Gasteiger partial charge on any atom is -0.478 e. The van der Waals surface area contributed by atoms with Crippen molar-refractivity contribution in [3.8, 4) is 0 Å². The number of carboxylic acids is 1. The highest BCUT2D eigenvalue weighted by Crippen LogP contribution is 2.36. The highest BCUT2D eigenvalue weighted by Gasteiger charge is 2.48. The van der Waals surface area contributed by atoms with Crippen molar-refractivity contribution >= 4 is 27.6 Å². The number of anilines is 1. The lowest BCUT2D eigenvalue weighted by Crippen LogP contribution is -2.59. The van der Waals surface area contributed by atoms with E-state index < -0.39 is 85.5 Å². The minimum absolute atomic E-state index is 0.209. The van der Waals surface area contributed by atoms with Crippen LogP contribution < -0.4 is 4.90 Å². The second-order valence-electron chi connectivity index (χ2n) is 10.8. The number of sulfonamides is 1.